The maximum absolute atomic E-state index is 13.1. The van der Waals surface area contributed by atoms with E-state index in [-0.39, 0.29) is 27.6 Å². The second-order valence-corrected chi connectivity index (χ2v) is 10.6. The van der Waals surface area contributed by atoms with Crippen LogP contribution in [-0.2, 0) is 14.6 Å². The molecule has 166 valence electrons. The van der Waals surface area contributed by atoms with Gasteiger partial charge in [0.1, 0.15) is 11.9 Å². The zero-order valence-corrected chi connectivity index (χ0v) is 17.9. The number of carboxylic acid groups (broad SMARTS) is 1. The molecule has 2 N–H and O–H groups in total. The number of imidazole rings is 1. The molecule has 0 radical (unpaired) electrons. The second kappa shape index (κ2) is 8.78. The number of rotatable bonds is 8. The molecular formula is C21H26N4O5S. The zero-order valence-electron chi connectivity index (χ0n) is 17.1. The maximum atomic E-state index is 13.1. The molecule has 2 aliphatic rings. The van der Waals surface area contributed by atoms with Crippen molar-refractivity contribution in [3.05, 3.63) is 36.4 Å². The van der Waals surface area contributed by atoms with E-state index >= 15 is 0 Å². The number of carboxylic acids is 1. The largest absolute Gasteiger partial charge is 0.478 e. The molecule has 2 aliphatic carbocycles. The van der Waals surface area contributed by atoms with Gasteiger partial charge in [0.05, 0.1) is 17.1 Å². The van der Waals surface area contributed by atoms with Crippen LogP contribution in [0.4, 0.5) is 5.82 Å². The Labute approximate surface area is 180 Å². The van der Waals surface area contributed by atoms with E-state index in [9.17, 15) is 18.0 Å². The number of amides is 1. The summed E-state index contributed by atoms with van der Waals surface area (Å²) in [6.45, 7) is 0. The first-order valence-corrected chi connectivity index (χ1v) is 12.2. The summed E-state index contributed by atoms with van der Waals surface area (Å²) in [6, 6.07) is 2.19. The fourth-order valence-electron chi connectivity index (χ4n) is 4.09. The molecule has 2 saturated carbocycles. The lowest BCUT2D eigenvalue weighted by Crippen LogP contribution is -2.28. The first-order valence-electron chi connectivity index (χ1n) is 10.6. The Morgan fingerprint density at radius 2 is 1.87 bits per heavy atom. The number of pyridine rings is 1. The molecule has 31 heavy (non-hydrogen) atoms. The summed E-state index contributed by atoms with van der Waals surface area (Å²) in [6.07, 6.45) is 11.5. The van der Waals surface area contributed by atoms with Crippen LogP contribution in [-0.4, -0.2) is 45.2 Å². The average molecular weight is 447 g/mol. The standard InChI is InChI=1S/C21H26N4O5S/c26-20(24-18-9-6-15(11-22-18)21(27)28)17(10-14-4-2-1-3-5-14)25-12-19(23-13-25)31(29,30)16-7-8-16/h6,9,11-14,16-17H,1-5,7-8,10H2,(H,27,28)(H,22,24,26)/t17-/m0/s1. The van der Waals surface area contributed by atoms with Crippen LogP contribution in [0.25, 0.3) is 0 Å². The highest BCUT2D eigenvalue weighted by molar-refractivity contribution is 7.92. The van der Waals surface area contributed by atoms with E-state index in [0.717, 1.165) is 25.7 Å². The highest BCUT2D eigenvalue weighted by Gasteiger charge is 2.39. The summed E-state index contributed by atoms with van der Waals surface area (Å²) in [5.74, 6) is -0.801. The molecule has 0 aromatic carbocycles. The lowest BCUT2D eigenvalue weighted by molar-refractivity contribution is -0.119. The predicted octanol–water partition coefficient (Wildman–Crippen LogP) is 3.06. The van der Waals surface area contributed by atoms with Crippen LogP contribution in [0.5, 0.6) is 0 Å². The quantitative estimate of drug-likeness (QED) is 0.637. The number of sulfone groups is 1. The third kappa shape index (κ3) is 4.95. The van der Waals surface area contributed by atoms with Crippen LogP contribution >= 0.6 is 0 Å². The molecule has 2 aromatic heterocycles. The first kappa shape index (κ1) is 21.5. The highest BCUT2D eigenvalue weighted by atomic mass is 32.2. The molecule has 1 amide bonds. The monoisotopic (exact) mass is 446 g/mol. The molecule has 2 fully saturated rings. The normalized spacial score (nSPS) is 18.5. The molecule has 0 saturated heterocycles. The van der Waals surface area contributed by atoms with Crippen LogP contribution in [0.2, 0.25) is 0 Å². The number of hydrogen-bond acceptors (Lipinski definition) is 6. The van der Waals surface area contributed by atoms with Gasteiger partial charge in [0.2, 0.25) is 5.91 Å². The van der Waals surface area contributed by atoms with Gasteiger partial charge in [-0.25, -0.2) is 23.2 Å². The number of hydrogen-bond donors (Lipinski definition) is 2. The number of carbonyl (C=O) groups excluding carboxylic acids is 1. The molecule has 9 nitrogen and oxygen atoms in total. The topological polar surface area (TPSA) is 131 Å². The summed E-state index contributed by atoms with van der Waals surface area (Å²) < 4.78 is 26.7. The van der Waals surface area contributed by atoms with Crippen LogP contribution in [0.15, 0.2) is 35.9 Å². The van der Waals surface area contributed by atoms with Crippen LogP contribution in [0, 0.1) is 5.92 Å². The molecular weight excluding hydrogens is 420 g/mol. The summed E-state index contributed by atoms with van der Waals surface area (Å²) in [7, 11) is -3.44. The van der Waals surface area contributed by atoms with Gasteiger partial charge in [-0.15, -0.1) is 0 Å². The van der Waals surface area contributed by atoms with Gasteiger partial charge in [0, 0.05) is 12.4 Å². The number of nitrogens with zero attached hydrogens (tertiary/aromatic N) is 3. The Bertz CT molecular complexity index is 1050. The summed E-state index contributed by atoms with van der Waals surface area (Å²) in [4.78, 5) is 32.2. The Morgan fingerprint density at radius 1 is 1.13 bits per heavy atom. The van der Waals surface area contributed by atoms with Gasteiger partial charge in [0.25, 0.3) is 0 Å². The lowest BCUT2D eigenvalue weighted by Gasteiger charge is -2.26. The van der Waals surface area contributed by atoms with E-state index in [1.807, 2.05) is 0 Å². The van der Waals surface area contributed by atoms with E-state index in [4.69, 9.17) is 5.11 Å². The third-order valence-electron chi connectivity index (χ3n) is 6.04. The molecule has 0 aliphatic heterocycles. The molecule has 4 rings (SSSR count). The van der Waals surface area contributed by atoms with Gasteiger partial charge in [-0.1, -0.05) is 32.1 Å². The predicted molar refractivity (Wildman–Crippen MR) is 112 cm³/mol. The molecule has 1 atom stereocenters. The average Bonchev–Trinajstić information content (AvgIpc) is 3.51. The van der Waals surface area contributed by atoms with Gasteiger partial charge >= 0.3 is 5.97 Å². The van der Waals surface area contributed by atoms with Crippen molar-refractivity contribution in [2.75, 3.05) is 5.32 Å². The van der Waals surface area contributed by atoms with Crippen molar-refractivity contribution in [2.45, 2.75) is 67.7 Å². The minimum Gasteiger partial charge on any atom is -0.478 e. The van der Waals surface area contributed by atoms with Gasteiger partial charge in [-0.3, -0.25) is 4.79 Å². The molecule has 0 bridgehead atoms. The fraction of sp³-hybridized carbons (Fsp3) is 0.524. The van der Waals surface area contributed by atoms with E-state index in [1.54, 1.807) is 4.57 Å². The second-order valence-electron chi connectivity index (χ2n) is 8.39. The highest BCUT2D eigenvalue weighted by Crippen LogP contribution is 2.34. The van der Waals surface area contributed by atoms with Crippen LogP contribution in [0.1, 0.15) is 67.8 Å². The summed E-state index contributed by atoms with van der Waals surface area (Å²) >= 11 is 0. The zero-order chi connectivity index (χ0) is 22.0. The van der Waals surface area contributed by atoms with Crippen molar-refractivity contribution in [1.82, 2.24) is 14.5 Å². The SMILES string of the molecule is O=C(O)c1ccc(NC(=O)[C@H](CC2CCCCC2)n2cnc(S(=O)(=O)C3CC3)c2)nc1. The van der Waals surface area contributed by atoms with Crippen LogP contribution < -0.4 is 5.32 Å². The van der Waals surface area contributed by atoms with Gasteiger partial charge in [0.15, 0.2) is 14.9 Å². The van der Waals surface area contributed by atoms with Crippen molar-refractivity contribution in [1.29, 1.82) is 0 Å². The van der Waals surface area contributed by atoms with Crippen molar-refractivity contribution in [2.24, 2.45) is 5.92 Å². The number of carbonyl (C=O) groups is 2. The molecule has 0 spiro atoms. The smallest absolute Gasteiger partial charge is 0.337 e. The van der Waals surface area contributed by atoms with Crippen LogP contribution in [0.3, 0.4) is 0 Å². The van der Waals surface area contributed by atoms with Gasteiger partial charge < -0.3 is 15.0 Å². The van der Waals surface area contributed by atoms with E-state index in [1.165, 1.54) is 37.3 Å². The van der Waals surface area contributed by atoms with Crippen molar-refractivity contribution < 1.29 is 23.1 Å². The van der Waals surface area contributed by atoms with E-state index in [0.29, 0.717) is 25.2 Å². The van der Waals surface area contributed by atoms with E-state index < -0.39 is 21.8 Å². The minimum absolute atomic E-state index is 0.0142. The van der Waals surface area contributed by atoms with E-state index in [2.05, 4.69) is 15.3 Å². The Kier molecular flexibility index (Phi) is 6.08. The van der Waals surface area contributed by atoms with Crippen molar-refractivity contribution in [3.63, 3.8) is 0 Å². The maximum Gasteiger partial charge on any atom is 0.337 e. The molecule has 0 unspecified atom stereocenters. The minimum atomic E-state index is -3.44. The molecule has 10 heteroatoms. The number of aromatic carboxylic acids is 1. The summed E-state index contributed by atoms with van der Waals surface area (Å²) in [5, 5.41) is 11.4. The number of anilines is 1. The lowest BCUT2D eigenvalue weighted by atomic mass is 9.84. The third-order valence-corrected chi connectivity index (χ3v) is 8.18. The van der Waals surface area contributed by atoms with Crippen molar-refractivity contribution >= 4 is 27.5 Å². The molecule has 2 heterocycles. The van der Waals surface area contributed by atoms with Gasteiger partial charge in [-0.05, 0) is 37.3 Å². The fourth-order valence-corrected chi connectivity index (χ4v) is 5.65. The summed E-state index contributed by atoms with van der Waals surface area (Å²) in [5.41, 5.74) is 0.0290. The Morgan fingerprint density at radius 3 is 2.48 bits per heavy atom. The number of nitrogens with one attached hydrogen (secondary N) is 1. The Hall–Kier alpha value is -2.75. The van der Waals surface area contributed by atoms with Gasteiger partial charge in [-0.2, -0.15) is 0 Å². The van der Waals surface area contributed by atoms with Crippen molar-refractivity contribution in [3.8, 4) is 0 Å². The Balaban J connectivity index is 1.55. The first-order chi connectivity index (χ1) is 14.8. The molecule has 2 aromatic rings. The number of aromatic nitrogens is 3.